The highest BCUT2D eigenvalue weighted by Gasteiger charge is 2.23. The average Bonchev–Trinajstić information content (AvgIpc) is 3.21. The van der Waals surface area contributed by atoms with Crippen LogP contribution < -0.4 is 0 Å². The normalized spacial score (nSPS) is 18.6. The van der Waals surface area contributed by atoms with E-state index >= 15 is 0 Å². The molecule has 21 heavy (non-hydrogen) atoms. The molecular formula is C16H17N3O2. The van der Waals surface area contributed by atoms with Gasteiger partial charge in [0.2, 0.25) is 5.89 Å². The average molecular weight is 283 g/mol. The summed E-state index contributed by atoms with van der Waals surface area (Å²) in [7, 11) is 2.06. The number of hydrogen-bond donors (Lipinski definition) is 0. The van der Waals surface area contributed by atoms with Gasteiger partial charge in [0.1, 0.15) is 0 Å². The maximum absolute atomic E-state index is 5.41. The Kier molecular flexibility index (Phi) is 3.00. The van der Waals surface area contributed by atoms with Crippen LogP contribution in [0.15, 0.2) is 35.0 Å². The maximum atomic E-state index is 5.41. The van der Waals surface area contributed by atoms with Crippen molar-refractivity contribution in [1.29, 1.82) is 0 Å². The summed E-state index contributed by atoms with van der Waals surface area (Å²) in [4.78, 5) is 4.54. The van der Waals surface area contributed by atoms with Gasteiger partial charge in [0.25, 0.3) is 0 Å². The van der Waals surface area contributed by atoms with Gasteiger partial charge < -0.3 is 13.8 Å². The van der Waals surface area contributed by atoms with Gasteiger partial charge in [-0.3, -0.25) is 0 Å². The first-order chi connectivity index (χ1) is 10.3. The van der Waals surface area contributed by atoms with Crippen molar-refractivity contribution in [2.75, 3.05) is 13.2 Å². The summed E-state index contributed by atoms with van der Waals surface area (Å²) in [6, 6.07) is 8.36. The molecular weight excluding hydrogens is 266 g/mol. The fourth-order valence-electron chi connectivity index (χ4n) is 2.97. The summed E-state index contributed by atoms with van der Waals surface area (Å²) in [6.45, 7) is 1.49. The van der Waals surface area contributed by atoms with E-state index in [9.17, 15) is 0 Å². The van der Waals surface area contributed by atoms with Crippen LogP contribution in [0.4, 0.5) is 0 Å². The molecule has 1 aliphatic heterocycles. The molecule has 0 spiro atoms. The molecule has 3 heterocycles. The van der Waals surface area contributed by atoms with Crippen LogP contribution in [0.5, 0.6) is 0 Å². The Morgan fingerprint density at radius 1 is 1.33 bits per heavy atom. The lowest BCUT2D eigenvalue weighted by Crippen LogP contribution is -2.00. The lowest BCUT2D eigenvalue weighted by atomic mass is 10.1. The van der Waals surface area contributed by atoms with Crippen LogP contribution in [0.25, 0.3) is 10.9 Å². The topological polar surface area (TPSA) is 53.1 Å². The minimum atomic E-state index is 0.287. The van der Waals surface area contributed by atoms with Gasteiger partial charge in [0.05, 0.1) is 13.0 Å². The van der Waals surface area contributed by atoms with Gasteiger partial charge in [0.15, 0.2) is 5.82 Å². The molecule has 0 unspecified atom stereocenters. The van der Waals surface area contributed by atoms with Gasteiger partial charge in [-0.05, 0) is 18.1 Å². The molecule has 3 aromatic rings. The summed E-state index contributed by atoms with van der Waals surface area (Å²) in [5.41, 5.74) is 2.43. The van der Waals surface area contributed by atoms with Crippen LogP contribution in [0.2, 0.25) is 0 Å². The lowest BCUT2D eigenvalue weighted by molar-refractivity contribution is 0.192. The zero-order chi connectivity index (χ0) is 14.2. The zero-order valence-electron chi connectivity index (χ0n) is 12.0. The molecule has 1 atom stereocenters. The molecule has 1 saturated heterocycles. The molecule has 0 radical (unpaired) electrons. The highest BCUT2D eigenvalue weighted by molar-refractivity contribution is 5.84. The third-order valence-corrected chi connectivity index (χ3v) is 4.10. The zero-order valence-corrected chi connectivity index (χ0v) is 12.0. The Hall–Kier alpha value is -2.14. The van der Waals surface area contributed by atoms with E-state index < -0.39 is 0 Å². The second-order valence-electron chi connectivity index (χ2n) is 5.57. The smallest absolute Gasteiger partial charge is 0.231 e. The van der Waals surface area contributed by atoms with E-state index in [1.165, 1.54) is 16.5 Å². The first kappa shape index (κ1) is 12.6. The SMILES string of the molecule is Cn1cc(Cc2nc([C@H]3CCOC3)no2)c2ccccc21. The third-order valence-electron chi connectivity index (χ3n) is 4.10. The second kappa shape index (κ2) is 5.00. The number of aryl methyl sites for hydroxylation is 1. The molecule has 0 saturated carbocycles. The number of rotatable bonds is 3. The molecule has 0 aliphatic carbocycles. The minimum Gasteiger partial charge on any atom is -0.381 e. The molecule has 0 N–H and O–H groups in total. The van der Waals surface area contributed by atoms with Crippen molar-refractivity contribution < 1.29 is 9.26 Å². The van der Waals surface area contributed by atoms with Crippen LogP contribution in [0, 0.1) is 0 Å². The van der Waals surface area contributed by atoms with E-state index in [2.05, 4.69) is 52.2 Å². The van der Waals surface area contributed by atoms with Gasteiger partial charge in [-0.25, -0.2) is 0 Å². The number of nitrogens with zero attached hydrogens (tertiary/aromatic N) is 3. The summed E-state index contributed by atoms with van der Waals surface area (Å²) < 4.78 is 12.9. The Balaban J connectivity index is 1.62. The molecule has 4 rings (SSSR count). The fourth-order valence-corrected chi connectivity index (χ4v) is 2.97. The number of ether oxygens (including phenoxy) is 1. The van der Waals surface area contributed by atoms with E-state index in [4.69, 9.17) is 9.26 Å². The molecule has 5 nitrogen and oxygen atoms in total. The second-order valence-corrected chi connectivity index (χ2v) is 5.57. The largest absolute Gasteiger partial charge is 0.381 e. The standard InChI is InChI=1S/C16H17N3O2/c1-19-9-12(13-4-2-3-5-14(13)19)8-15-17-16(18-21-15)11-6-7-20-10-11/h2-5,9,11H,6-8,10H2,1H3/t11-/m0/s1. The minimum absolute atomic E-state index is 0.287. The summed E-state index contributed by atoms with van der Waals surface area (Å²) in [6.07, 6.45) is 3.78. The van der Waals surface area contributed by atoms with E-state index in [1.54, 1.807) is 0 Å². The van der Waals surface area contributed by atoms with Gasteiger partial charge in [-0.15, -0.1) is 0 Å². The number of fused-ring (bicyclic) bond motifs is 1. The first-order valence-corrected chi connectivity index (χ1v) is 7.24. The summed E-state index contributed by atoms with van der Waals surface area (Å²) in [5.74, 6) is 1.74. The molecule has 0 bridgehead atoms. The van der Waals surface area contributed by atoms with Crippen molar-refractivity contribution >= 4 is 10.9 Å². The Morgan fingerprint density at radius 2 is 2.24 bits per heavy atom. The van der Waals surface area contributed by atoms with E-state index in [1.807, 2.05) is 0 Å². The van der Waals surface area contributed by atoms with Crippen molar-refractivity contribution in [2.24, 2.45) is 7.05 Å². The molecule has 108 valence electrons. The molecule has 1 aliphatic rings. The Labute approximate surface area is 122 Å². The summed E-state index contributed by atoms with van der Waals surface area (Å²) in [5, 5.41) is 5.35. The van der Waals surface area contributed by atoms with Gasteiger partial charge in [0, 0.05) is 36.7 Å². The van der Waals surface area contributed by atoms with Crippen molar-refractivity contribution in [3.05, 3.63) is 47.7 Å². The molecule has 1 fully saturated rings. The monoisotopic (exact) mass is 283 g/mol. The lowest BCUT2D eigenvalue weighted by Gasteiger charge is -1.97. The Bertz CT molecular complexity index is 769. The van der Waals surface area contributed by atoms with Crippen LogP contribution in [-0.4, -0.2) is 27.9 Å². The van der Waals surface area contributed by atoms with Crippen LogP contribution >= 0.6 is 0 Å². The molecule has 5 heteroatoms. The third kappa shape index (κ3) is 2.23. The quantitative estimate of drug-likeness (QED) is 0.741. The van der Waals surface area contributed by atoms with Crippen LogP contribution in [0.3, 0.4) is 0 Å². The number of aromatic nitrogens is 3. The van der Waals surface area contributed by atoms with E-state index in [0.717, 1.165) is 18.9 Å². The predicted molar refractivity (Wildman–Crippen MR) is 78.2 cm³/mol. The van der Waals surface area contributed by atoms with Crippen molar-refractivity contribution in [3.63, 3.8) is 0 Å². The molecule has 0 amide bonds. The number of benzene rings is 1. The number of para-hydroxylation sites is 1. The van der Waals surface area contributed by atoms with Gasteiger partial charge >= 0.3 is 0 Å². The molecule has 1 aromatic carbocycles. The van der Waals surface area contributed by atoms with Crippen molar-refractivity contribution in [2.45, 2.75) is 18.8 Å². The maximum Gasteiger partial charge on any atom is 0.231 e. The van der Waals surface area contributed by atoms with Crippen molar-refractivity contribution in [1.82, 2.24) is 14.7 Å². The fraction of sp³-hybridized carbons (Fsp3) is 0.375. The highest BCUT2D eigenvalue weighted by atomic mass is 16.5. The highest BCUT2D eigenvalue weighted by Crippen LogP contribution is 2.25. The van der Waals surface area contributed by atoms with Gasteiger partial charge in [-0.1, -0.05) is 23.4 Å². The van der Waals surface area contributed by atoms with E-state index in [0.29, 0.717) is 18.9 Å². The number of hydrogen-bond acceptors (Lipinski definition) is 4. The molecule has 2 aromatic heterocycles. The van der Waals surface area contributed by atoms with Crippen LogP contribution in [0.1, 0.15) is 29.6 Å². The van der Waals surface area contributed by atoms with E-state index in [-0.39, 0.29) is 5.92 Å². The van der Waals surface area contributed by atoms with Crippen molar-refractivity contribution in [3.8, 4) is 0 Å². The Morgan fingerprint density at radius 3 is 3.10 bits per heavy atom. The first-order valence-electron chi connectivity index (χ1n) is 7.24. The predicted octanol–water partition coefficient (Wildman–Crippen LogP) is 2.66. The van der Waals surface area contributed by atoms with Gasteiger partial charge in [-0.2, -0.15) is 4.98 Å². The van der Waals surface area contributed by atoms with Crippen LogP contribution in [-0.2, 0) is 18.2 Å². The summed E-state index contributed by atoms with van der Waals surface area (Å²) >= 11 is 0.